The Morgan fingerprint density at radius 2 is 1.71 bits per heavy atom. The molecule has 112 valence electrons. The highest BCUT2D eigenvalue weighted by Crippen LogP contribution is 2.60. The molecule has 21 heavy (non-hydrogen) atoms. The third kappa shape index (κ3) is 2.32. The molecule has 0 N–H and O–H groups in total. The van der Waals surface area contributed by atoms with E-state index in [9.17, 15) is 9.18 Å². The highest BCUT2D eigenvalue weighted by Gasteiger charge is 2.53. The molecule has 0 atom stereocenters. The SMILES string of the molecule is O=C(Cc1ccc(Cl)c(F)c1)C12CC3CC(CC(C3)C1)C2. The Hall–Kier alpha value is -0.890. The minimum Gasteiger partial charge on any atom is -0.299 e. The monoisotopic (exact) mass is 306 g/mol. The van der Waals surface area contributed by atoms with E-state index >= 15 is 0 Å². The molecule has 1 aromatic rings. The molecule has 4 aliphatic carbocycles. The first-order valence-corrected chi connectivity index (χ1v) is 8.39. The van der Waals surface area contributed by atoms with Gasteiger partial charge >= 0.3 is 0 Å². The molecule has 4 fully saturated rings. The van der Waals surface area contributed by atoms with Crippen LogP contribution in [0.3, 0.4) is 0 Å². The summed E-state index contributed by atoms with van der Waals surface area (Å²) in [7, 11) is 0. The average Bonchev–Trinajstić information content (AvgIpc) is 2.41. The van der Waals surface area contributed by atoms with Crippen LogP contribution < -0.4 is 0 Å². The fourth-order valence-corrected chi connectivity index (χ4v) is 5.59. The summed E-state index contributed by atoms with van der Waals surface area (Å²) in [6.07, 6.45) is 7.60. The molecule has 0 spiro atoms. The van der Waals surface area contributed by atoms with Gasteiger partial charge in [0.2, 0.25) is 0 Å². The zero-order valence-electron chi connectivity index (χ0n) is 12.1. The van der Waals surface area contributed by atoms with Crippen LogP contribution in [0, 0.1) is 29.0 Å². The number of carbonyl (C=O) groups is 1. The first-order valence-electron chi connectivity index (χ1n) is 8.01. The van der Waals surface area contributed by atoms with Crippen molar-refractivity contribution in [2.24, 2.45) is 23.2 Å². The zero-order valence-corrected chi connectivity index (χ0v) is 12.8. The number of Topliss-reactive ketones (excluding diaryl/α,β-unsaturated/α-hetero) is 1. The van der Waals surface area contributed by atoms with E-state index < -0.39 is 5.82 Å². The van der Waals surface area contributed by atoms with Crippen LogP contribution in [0.1, 0.15) is 44.1 Å². The van der Waals surface area contributed by atoms with Crippen molar-refractivity contribution in [3.8, 4) is 0 Å². The summed E-state index contributed by atoms with van der Waals surface area (Å²) in [6.45, 7) is 0. The fraction of sp³-hybridized carbons (Fsp3) is 0.611. The average molecular weight is 307 g/mol. The maximum atomic E-state index is 13.5. The van der Waals surface area contributed by atoms with Crippen LogP contribution in [-0.4, -0.2) is 5.78 Å². The van der Waals surface area contributed by atoms with Crippen LogP contribution in [0.2, 0.25) is 5.02 Å². The van der Waals surface area contributed by atoms with Gasteiger partial charge in [0, 0.05) is 11.8 Å². The number of ketones is 1. The van der Waals surface area contributed by atoms with E-state index in [0.717, 1.165) is 42.6 Å². The van der Waals surface area contributed by atoms with Crippen LogP contribution in [0.25, 0.3) is 0 Å². The third-order valence-corrected chi connectivity index (χ3v) is 6.28. The Labute approximate surface area is 129 Å². The maximum absolute atomic E-state index is 13.5. The van der Waals surface area contributed by atoms with Gasteiger partial charge in [0.25, 0.3) is 0 Å². The molecular formula is C18H20ClFO. The molecule has 5 rings (SSSR count). The lowest BCUT2D eigenvalue weighted by molar-refractivity contribution is -0.143. The number of carbonyl (C=O) groups excluding carboxylic acids is 1. The van der Waals surface area contributed by atoms with Crippen molar-refractivity contribution in [1.29, 1.82) is 0 Å². The normalized spacial score (nSPS) is 37.0. The van der Waals surface area contributed by atoms with Crippen LogP contribution in [0.15, 0.2) is 18.2 Å². The molecule has 0 aromatic heterocycles. The molecule has 0 amide bonds. The topological polar surface area (TPSA) is 17.1 Å². The van der Waals surface area contributed by atoms with Crippen LogP contribution in [0.4, 0.5) is 4.39 Å². The van der Waals surface area contributed by atoms with Crippen molar-refractivity contribution in [3.05, 3.63) is 34.6 Å². The van der Waals surface area contributed by atoms with Crippen molar-refractivity contribution in [2.75, 3.05) is 0 Å². The van der Waals surface area contributed by atoms with Gasteiger partial charge in [0.1, 0.15) is 11.6 Å². The molecule has 1 aromatic carbocycles. The van der Waals surface area contributed by atoms with Crippen LogP contribution in [-0.2, 0) is 11.2 Å². The summed E-state index contributed by atoms with van der Waals surface area (Å²) >= 11 is 5.71. The van der Waals surface area contributed by atoms with Gasteiger partial charge in [-0.1, -0.05) is 17.7 Å². The number of benzene rings is 1. The highest BCUT2D eigenvalue weighted by atomic mass is 35.5. The summed E-state index contributed by atoms with van der Waals surface area (Å²) in [5.41, 5.74) is 0.669. The van der Waals surface area contributed by atoms with Gasteiger partial charge in [-0.15, -0.1) is 0 Å². The van der Waals surface area contributed by atoms with E-state index in [1.165, 1.54) is 25.3 Å². The Kier molecular flexibility index (Phi) is 3.15. The van der Waals surface area contributed by atoms with E-state index in [0.29, 0.717) is 12.2 Å². The second kappa shape index (κ2) is 4.81. The van der Waals surface area contributed by atoms with Gasteiger partial charge < -0.3 is 0 Å². The second-order valence-corrected chi connectivity index (χ2v) is 7.95. The lowest BCUT2D eigenvalue weighted by Gasteiger charge is -2.56. The molecule has 4 aliphatic rings. The summed E-state index contributed by atoms with van der Waals surface area (Å²) in [4.78, 5) is 12.9. The van der Waals surface area contributed by atoms with E-state index in [-0.39, 0.29) is 10.4 Å². The molecule has 4 bridgehead atoms. The molecular weight excluding hydrogens is 287 g/mol. The Morgan fingerprint density at radius 3 is 2.24 bits per heavy atom. The highest BCUT2D eigenvalue weighted by molar-refractivity contribution is 6.30. The van der Waals surface area contributed by atoms with E-state index in [2.05, 4.69) is 0 Å². The summed E-state index contributed by atoms with van der Waals surface area (Å²) in [5, 5.41) is 0.126. The van der Waals surface area contributed by atoms with E-state index in [1.807, 2.05) is 0 Å². The van der Waals surface area contributed by atoms with E-state index in [1.54, 1.807) is 12.1 Å². The standard InChI is InChI=1S/C18H20ClFO/c19-15-2-1-11(6-16(15)20)7-17(21)18-8-12-3-13(9-18)5-14(4-12)10-18/h1-2,6,12-14H,3-5,7-10H2. The second-order valence-electron chi connectivity index (χ2n) is 7.55. The molecule has 0 saturated heterocycles. The van der Waals surface area contributed by atoms with Crippen molar-refractivity contribution in [3.63, 3.8) is 0 Å². The predicted octanol–water partition coefficient (Wildman–Crippen LogP) is 4.81. The lowest BCUT2D eigenvalue weighted by Crippen LogP contribution is -2.50. The van der Waals surface area contributed by atoms with Gasteiger partial charge in [-0.2, -0.15) is 0 Å². The lowest BCUT2D eigenvalue weighted by atomic mass is 9.48. The molecule has 1 nitrogen and oxygen atoms in total. The Bertz CT molecular complexity index is 560. The van der Waals surface area contributed by atoms with Crippen molar-refractivity contribution in [2.45, 2.75) is 44.9 Å². The van der Waals surface area contributed by atoms with Crippen LogP contribution >= 0.6 is 11.6 Å². The van der Waals surface area contributed by atoms with Gasteiger partial charge in [0.05, 0.1) is 5.02 Å². The molecule has 0 unspecified atom stereocenters. The maximum Gasteiger partial charge on any atom is 0.143 e. The molecule has 4 saturated carbocycles. The molecule has 0 aliphatic heterocycles. The predicted molar refractivity (Wildman–Crippen MR) is 80.7 cm³/mol. The van der Waals surface area contributed by atoms with Gasteiger partial charge in [-0.25, -0.2) is 4.39 Å². The number of hydrogen-bond donors (Lipinski definition) is 0. The summed E-state index contributed by atoms with van der Waals surface area (Å²) in [6, 6.07) is 4.75. The fourth-order valence-electron chi connectivity index (χ4n) is 5.47. The smallest absolute Gasteiger partial charge is 0.143 e. The minimum absolute atomic E-state index is 0.0924. The van der Waals surface area contributed by atoms with E-state index in [4.69, 9.17) is 11.6 Å². The number of halogens is 2. The van der Waals surface area contributed by atoms with Crippen molar-refractivity contribution >= 4 is 17.4 Å². The summed E-state index contributed by atoms with van der Waals surface area (Å²) in [5.74, 6) is 2.21. The van der Waals surface area contributed by atoms with Crippen LogP contribution in [0.5, 0.6) is 0 Å². The Morgan fingerprint density at radius 1 is 1.14 bits per heavy atom. The first kappa shape index (κ1) is 13.8. The Balaban J connectivity index is 1.56. The number of hydrogen-bond acceptors (Lipinski definition) is 1. The largest absolute Gasteiger partial charge is 0.299 e. The molecule has 3 heteroatoms. The van der Waals surface area contributed by atoms with Crippen molar-refractivity contribution in [1.82, 2.24) is 0 Å². The summed E-state index contributed by atoms with van der Waals surface area (Å²) < 4.78 is 13.5. The molecule has 0 heterocycles. The minimum atomic E-state index is -0.424. The van der Waals surface area contributed by atoms with Crippen molar-refractivity contribution < 1.29 is 9.18 Å². The van der Waals surface area contributed by atoms with Gasteiger partial charge in [0.15, 0.2) is 0 Å². The van der Waals surface area contributed by atoms with Gasteiger partial charge in [-0.3, -0.25) is 4.79 Å². The van der Waals surface area contributed by atoms with Gasteiger partial charge in [-0.05, 0) is 74.0 Å². The quantitative estimate of drug-likeness (QED) is 0.783. The molecule has 0 radical (unpaired) electrons. The third-order valence-electron chi connectivity index (χ3n) is 5.98. The first-order chi connectivity index (χ1) is 10.0. The zero-order chi connectivity index (χ0) is 14.6. The number of rotatable bonds is 3.